The zero-order valence-corrected chi connectivity index (χ0v) is 98.5. The van der Waals surface area contributed by atoms with Crippen LogP contribution in [0, 0.1) is 76.2 Å². The number of H-pyrrole nitrogens is 10. The molecule has 0 aliphatic rings. The minimum atomic E-state index is -4.38. The van der Waals surface area contributed by atoms with E-state index in [4.69, 9.17) is 46.4 Å². The van der Waals surface area contributed by atoms with E-state index in [2.05, 4.69) is 451 Å². The summed E-state index contributed by atoms with van der Waals surface area (Å²) in [5.41, 5.74) is 31.7. The minimum Gasteiger partial charge on any atom is -0.342 e. The summed E-state index contributed by atoms with van der Waals surface area (Å²) in [4.78, 5) is 78.4. The lowest BCUT2D eigenvalue weighted by Gasteiger charge is -2.13. The van der Waals surface area contributed by atoms with Gasteiger partial charge in [-0.15, -0.1) is 0 Å². The van der Waals surface area contributed by atoms with E-state index in [9.17, 15) is 13.2 Å². The van der Waals surface area contributed by atoms with Crippen LogP contribution in [-0.4, -0.2) is 99.7 Å². The number of hydrogen-bond acceptors (Lipinski definition) is 10. The van der Waals surface area contributed by atoms with Gasteiger partial charge in [-0.3, -0.25) is 0 Å². The van der Waals surface area contributed by atoms with Crippen LogP contribution < -0.4 is 0 Å². The Morgan fingerprint density at radius 2 is 0.383 bits per heavy atom. The van der Waals surface area contributed by atoms with E-state index in [1.807, 2.05) is 52.8 Å². The molecule has 27 heteroatoms. The van der Waals surface area contributed by atoms with E-state index >= 15 is 0 Å². The second-order valence-electron chi connectivity index (χ2n) is 50.1. The Morgan fingerprint density at radius 1 is 0.181 bits per heavy atom. The molecule has 0 radical (unpaired) electrons. The van der Waals surface area contributed by atoms with Gasteiger partial charge in [0.25, 0.3) is 0 Å². The number of aromatic nitrogens is 20. The summed E-state index contributed by atoms with van der Waals surface area (Å²) in [5.74, 6) is 9.77. The largest absolute Gasteiger partial charge is 0.418 e. The summed E-state index contributed by atoms with van der Waals surface area (Å²) >= 11 is 24.3. The molecule has 10 heterocycles. The molecule has 20 rings (SSSR count). The van der Waals surface area contributed by atoms with Crippen molar-refractivity contribution in [3.63, 3.8) is 0 Å². The van der Waals surface area contributed by atoms with Crippen LogP contribution in [-0.2, 0) is 60.3 Å². The zero-order chi connectivity index (χ0) is 111. The number of halogens is 7. The van der Waals surface area contributed by atoms with Crippen molar-refractivity contribution >= 4 is 157 Å². The monoisotopic (exact) mass is 2100 g/mol. The molecule has 0 amide bonds. The third kappa shape index (κ3) is 30.6. The first-order chi connectivity index (χ1) is 68.3. The number of nitrogens with zero attached hydrogens (tertiary/aromatic N) is 10. The Balaban J connectivity index is 0.000000157. The van der Waals surface area contributed by atoms with Crippen molar-refractivity contribution < 1.29 is 13.2 Å². The number of aryl methyl sites for hydroxylation is 11. The third-order valence-corrected chi connectivity index (χ3v) is 25.7. The number of aromatic amines is 10. The molecule has 0 saturated carbocycles. The van der Waals surface area contributed by atoms with Gasteiger partial charge in [0.1, 0.15) is 80.3 Å². The molecule has 20 nitrogen and oxygen atoms in total. The number of imidazole rings is 10. The lowest BCUT2D eigenvalue weighted by atomic mass is 9.96. The summed E-state index contributed by atoms with van der Waals surface area (Å²) in [6, 6.07) is 48.2. The molecule has 10 N–H and O–H groups in total. The van der Waals surface area contributed by atoms with E-state index in [0.29, 0.717) is 26.9 Å². The van der Waals surface area contributed by atoms with Gasteiger partial charge in [0.05, 0.1) is 109 Å². The Morgan fingerprint density at radius 3 is 0.664 bits per heavy atom. The van der Waals surface area contributed by atoms with Crippen LogP contribution >= 0.6 is 46.4 Å². The molecule has 0 bridgehead atoms. The van der Waals surface area contributed by atoms with Gasteiger partial charge < -0.3 is 49.8 Å². The molecule has 149 heavy (non-hydrogen) atoms. The van der Waals surface area contributed by atoms with Crippen LogP contribution in [0.15, 0.2) is 146 Å². The van der Waals surface area contributed by atoms with Crippen LogP contribution in [0.25, 0.3) is 110 Å². The van der Waals surface area contributed by atoms with Crippen LogP contribution in [0.4, 0.5) is 13.2 Å². The number of rotatable bonds is 0. The van der Waals surface area contributed by atoms with Gasteiger partial charge in [0.15, 0.2) is 0 Å². The Kier molecular flexibility index (Phi) is 34.9. The summed E-state index contributed by atoms with van der Waals surface area (Å²) in [5, 5.41) is 2.65. The predicted molar refractivity (Wildman–Crippen MR) is 625 cm³/mol. The van der Waals surface area contributed by atoms with Crippen molar-refractivity contribution in [2.75, 3.05) is 0 Å². The van der Waals surface area contributed by atoms with Crippen LogP contribution in [0.2, 0.25) is 20.1 Å². The van der Waals surface area contributed by atoms with Crippen molar-refractivity contribution in [2.45, 2.75) is 344 Å². The summed E-state index contributed by atoms with van der Waals surface area (Å²) < 4.78 is 38.8. The number of nitrogens with one attached hydrogen (secondary N) is 10. The van der Waals surface area contributed by atoms with Crippen molar-refractivity contribution in [2.24, 2.45) is 0 Å². The van der Waals surface area contributed by atoms with E-state index in [-0.39, 0.29) is 59.7 Å². The normalized spacial score (nSPS) is 12.4. The molecule has 0 aliphatic heterocycles. The standard InChI is InChI=1S/C13H15F3N2.2C13H18N2.2C12H15ClN2.4C12H16N2.C11H12Cl2N2/c1-7-5-8(13(14,15)16)10-9(6-7)17-11(18-10)12(2,3)4;1-8-6-10-11(7-9(8)2)15-12(14-10)13(3,4)5;1-8-6-9(2)11-10(7-8)14-12(15-11)13(3,4)5;2*1-7-5-8(13)10-9(6-7)14-11(15-10)12(2,3)4;4*1-8-5-6-9-10(7-8)14-11(13-9)12(2,3)4;1-11(2,3)10-14-8-5-6(12)4-7(13)9(8)15-10/h5-6H,1-4H3,(H,17,18);2*6-7H,1-5H3,(H,14,15);2*5-6H,1-4H3,(H,14,15);4*5-7H,1-4H3,(H,13,14);4-5H,1-3H3,(H,14,15). The number of alkyl halides is 3. The lowest BCUT2D eigenvalue weighted by Crippen LogP contribution is -2.13. The molecule has 10 aromatic carbocycles. The Labute approximate surface area is 898 Å². The average molecular weight is 2100 g/mol. The highest BCUT2D eigenvalue weighted by molar-refractivity contribution is 6.38. The fourth-order valence-corrected chi connectivity index (χ4v) is 16.9. The molecule has 20 aromatic rings. The smallest absolute Gasteiger partial charge is 0.342 e. The van der Waals surface area contributed by atoms with E-state index in [1.54, 1.807) is 19.1 Å². The maximum atomic E-state index is 12.9. The highest BCUT2D eigenvalue weighted by atomic mass is 35.5. The van der Waals surface area contributed by atoms with Gasteiger partial charge in [-0.2, -0.15) is 13.2 Å². The van der Waals surface area contributed by atoms with Gasteiger partial charge in [-0.05, 0) is 253 Å². The zero-order valence-electron chi connectivity index (χ0n) is 95.5. The molecule has 0 spiro atoms. The van der Waals surface area contributed by atoms with Crippen molar-refractivity contribution in [1.82, 2.24) is 99.7 Å². The first kappa shape index (κ1) is 117. The molecule has 0 fully saturated rings. The molecule has 0 aliphatic carbocycles. The fraction of sp³-hybridized carbons (Fsp3) is 0.426. The van der Waals surface area contributed by atoms with Crippen molar-refractivity contribution in [1.29, 1.82) is 0 Å². The van der Waals surface area contributed by atoms with Gasteiger partial charge in [-0.25, -0.2) is 49.8 Å². The lowest BCUT2D eigenvalue weighted by molar-refractivity contribution is -0.136. The average Bonchev–Trinajstić information content (AvgIpc) is 1.62. The predicted octanol–water partition coefficient (Wildman–Crippen LogP) is 35.6. The molecule has 0 saturated heterocycles. The van der Waals surface area contributed by atoms with Crippen LogP contribution in [0.5, 0.6) is 0 Å². The summed E-state index contributed by atoms with van der Waals surface area (Å²) in [7, 11) is 0. The molecule has 794 valence electrons. The molecule has 0 atom stereocenters. The number of hydrogen-bond donors (Lipinski definition) is 10. The minimum absolute atomic E-state index is 0.00183. The number of fused-ring (bicyclic) bond motifs is 10. The second kappa shape index (κ2) is 44.4. The summed E-state index contributed by atoms with van der Waals surface area (Å²) in [6.07, 6.45) is -4.38. The van der Waals surface area contributed by atoms with Crippen molar-refractivity contribution in [3.8, 4) is 0 Å². The van der Waals surface area contributed by atoms with Crippen molar-refractivity contribution in [3.05, 3.63) is 291 Å². The van der Waals surface area contributed by atoms with Gasteiger partial charge in [0, 0.05) is 59.2 Å². The molecular weight excluding hydrogens is 1940 g/mol. The van der Waals surface area contributed by atoms with Gasteiger partial charge in [0.2, 0.25) is 0 Å². The second-order valence-corrected chi connectivity index (χ2v) is 51.8. The van der Waals surface area contributed by atoms with Gasteiger partial charge >= 0.3 is 6.18 Å². The Bertz CT molecular complexity index is 7340. The highest BCUT2D eigenvalue weighted by Gasteiger charge is 2.36. The fourth-order valence-electron chi connectivity index (χ4n) is 15.7. The molecule has 10 aromatic heterocycles. The first-order valence-corrected chi connectivity index (χ1v) is 52.4. The van der Waals surface area contributed by atoms with E-state index in [0.717, 1.165) is 179 Å². The third-order valence-electron chi connectivity index (χ3n) is 24.6. The highest BCUT2D eigenvalue weighted by Crippen LogP contribution is 2.40. The molecule has 0 unspecified atom stereocenters. The van der Waals surface area contributed by atoms with E-state index < -0.39 is 11.7 Å². The topological polar surface area (TPSA) is 287 Å². The van der Waals surface area contributed by atoms with Gasteiger partial charge in [-0.1, -0.05) is 284 Å². The quantitative estimate of drug-likeness (QED) is 0.0685. The maximum absolute atomic E-state index is 12.9. The first-order valence-electron chi connectivity index (χ1n) is 50.9. The number of benzene rings is 10. The summed E-state index contributed by atoms with van der Waals surface area (Å²) in [6.45, 7) is 86.4. The van der Waals surface area contributed by atoms with E-state index in [1.165, 1.54) is 44.5 Å². The van der Waals surface area contributed by atoms with Crippen LogP contribution in [0.1, 0.15) is 333 Å². The van der Waals surface area contributed by atoms with Crippen LogP contribution in [0.3, 0.4) is 0 Å². The SMILES string of the molecule is CC(C)(C)c1nc2c(Cl)cc(Cl)cc2[nH]1.Cc1cc(C(F)(F)F)c2nc(C(C)(C)C)[nH]c2c1.Cc1cc(C)c2nc(C(C)(C)C)[nH]c2c1.Cc1cc(Cl)c2nc(C(C)(C)C)[nH]c2c1.Cc1cc(Cl)c2nc(C(C)(C)C)[nH]c2c1.Cc1cc2nc(C(C)(C)C)[nH]c2cc1C.Cc1ccc2nc(C(C)(C)C)[nH]c2c1.Cc1ccc2nc(C(C)(C)C)[nH]c2c1.Cc1ccc2nc(C(C)(C)C)[nH]c2c1.Cc1ccc2nc(C(C)(C)C)[nH]c2c1. The Hall–Kier alpha value is -12.2. The maximum Gasteiger partial charge on any atom is 0.418 e. The molecular formula is C122H157Cl4F3N20.